The number of carboxylic acid groups (broad SMARTS) is 1. The van der Waals surface area contributed by atoms with Crippen molar-refractivity contribution in [1.29, 1.82) is 0 Å². The van der Waals surface area contributed by atoms with E-state index in [9.17, 15) is 18.0 Å². The van der Waals surface area contributed by atoms with Crippen molar-refractivity contribution in [1.82, 2.24) is 9.78 Å². The number of hydrogen-bond donors (Lipinski definition) is 2. The van der Waals surface area contributed by atoms with Crippen LogP contribution in [-0.2, 0) is 6.18 Å². The van der Waals surface area contributed by atoms with E-state index >= 15 is 0 Å². The number of rotatable bonds is 2. The van der Waals surface area contributed by atoms with E-state index < -0.39 is 23.4 Å². The number of halogens is 3. The lowest BCUT2D eigenvalue weighted by Gasteiger charge is -2.11. The molecule has 5 nitrogen and oxygen atoms in total. The molecule has 0 amide bonds. The van der Waals surface area contributed by atoms with Crippen molar-refractivity contribution >= 4 is 11.7 Å². The second-order valence-corrected chi connectivity index (χ2v) is 3.71. The van der Waals surface area contributed by atoms with E-state index in [1.54, 1.807) is 0 Å². The van der Waals surface area contributed by atoms with Crippen molar-refractivity contribution < 1.29 is 23.1 Å². The molecule has 0 aliphatic rings. The Labute approximate surface area is 105 Å². The van der Waals surface area contributed by atoms with Gasteiger partial charge in [0.1, 0.15) is 5.56 Å². The van der Waals surface area contributed by atoms with Gasteiger partial charge in [-0.3, -0.25) is 0 Å². The lowest BCUT2D eigenvalue weighted by atomic mass is 10.2. The number of nitrogens with zero attached hydrogens (tertiary/aromatic N) is 2. The number of carboxylic acids is 1. The number of nitrogen functional groups attached to an aromatic ring is 1. The molecular weight excluding hydrogens is 263 g/mol. The summed E-state index contributed by atoms with van der Waals surface area (Å²) in [6.45, 7) is 0. The van der Waals surface area contributed by atoms with E-state index in [1.807, 2.05) is 0 Å². The molecule has 1 aromatic heterocycles. The molecule has 0 saturated carbocycles. The summed E-state index contributed by atoms with van der Waals surface area (Å²) in [6.07, 6.45) is -4.16. The van der Waals surface area contributed by atoms with Crippen LogP contribution in [0.1, 0.15) is 16.1 Å². The average molecular weight is 271 g/mol. The molecule has 3 N–H and O–H groups in total. The third kappa shape index (κ3) is 2.37. The topological polar surface area (TPSA) is 81.1 Å². The molecule has 0 spiro atoms. The van der Waals surface area contributed by atoms with Crippen molar-refractivity contribution in [2.45, 2.75) is 6.18 Å². The van der Waals surface area contributed by atoms with Crippen LogP contribution in [0.25, 0.3) is 5.69 Å². The van der Waals surface area contributed by atoms with Gasteiger partial charge < -0.3 is 10.8 Å². The van der Waals surface area contributed by atoms with Crippen molar-refractivity contribution in [3.8, 4) is 5.69 Å². The Kier molecular flexibility index (Phi) is 2.93. The molecule has 19 heavy (non-hydrogen) atoms. The van der Waals surface area contributed by atoms with Crippen LogP contribution >= 0.6 is 0 Å². The number of aromatic nitrogens is 2. The second-order valence-electron chi connectivity index (χ2n) is 3.71. The highest BCUT2D eigenvalue weighted by Crippen LogP contribution is 2.33. The van der Waals surface area contributed by atoms with E-state index in [2.05, 4.69) is 5.10 Å². The number of aromatic carboxylic acids is 1. The molecule has 0 saturated heterocycles. The maximum absolute atomic E-state index is 12.9. The third-order valence-electron chi connectivity index (χ3n) is 2.41. The van der Waals surface area contributed by atoms with Crippen LogP contribution in [0, 0.1) is 0 Å². The number of anilines is 1. The van der Waals surface area contributed by atoms with Gasteiger partial charge in [0.15, 0.2) is 5.69 Å². The van der Waals surface area contributed by atoms with Gasteiger partial charge in [0.2, 0.25) is 0 Å². The zero-order chi connectivity index (χ0) is 14.2. The van der Waals surface area contributed by atoms with Gasteiger partial charge in [0, 0.05) is 5.69 Å². The summed E-state index contributed by atoms with van der Waals surface area (Å²) >= 11 is 0. The molecule has 0 aliphatic heterocycles. The SMILES string of the molecule is Nc1ccc(-n2ncc(C(=O)O)c2C(F)(F)F)cc1. The Morgan fingerprint density at radius 3 is 2.32 bits per heavy atom. The van der Waals surface area contributed by atoms with Gasteiger partial charge in [-0.15, -0.1) is 0 Å². The van der Waals surface area contributed by atoms with Gasteiger partial charge >= 0.3 is 12.1 Å². The zero-order valence-corrected chi connectivity index (χ0v) is 9.35. The number of nitrogens with two attached hydrogens (primary N) is 1. The number of benzene rings is 1. The molecule has 0 atom stereocenters. The lowest BCUT2D eigenvalue weighted by molar-refractivity contribution is -0.143. The molecule has 2 rings (SSSR count). The monoisotopic (exact) mass is 271 g/mol. The van der Waals surface area contributed by atoms with Crippen LogP contribution in [0.3, 0.4) is 0 Å². The Hall–Kier alpha value is -2.51. The maximum Gasteiger partial charge on any atom is 0.434 e. The lowest BCUT2D eigenvalue weighted by Crippen LogP contribution is -2.17. The summed E-state index contributed by atoms with van der Waals surface area (Å²) in [6, 6.07) is 5.45. The molecule has 1 aromatic carbocycles. The molecule has 0 aliphatic carbocycles. The first-order valence-corrected chi connectivity index (χ1v) is 5.05. The minimum Gasteiger partial charge on any atom is -0.478 e. The first kappa shape index (κ1) is 12.9. The highest BCUT2D eigenvalue weighted by Gasteiger charge is 2.40. The standard InChI is InChI=1S/C11H8F3N3O2/c12-11(13,14)9-8(10(18)19)5-16-17(9)7-3-1-6(15)2-4-7/h1-5H,15H2,(H,18,19). The summed E-state index contributed by atoms with van der Waals surface area (Å²) in [7, 11) is 0. The van der Waals surface area contributed by atoms with Crippen LogP contribution < -0.4 is 5.73 Å². The Balaban J connectivity index is 2.64. The Bertz CT molecular complexity index is 617. The van der Waals surface area contributed by atoms with Crippen molar-refractivity contribution in [3.63, 3.8) is 0 Å². The fraction of sp³-hybridized carbons (Fsp3) is 0.0909. The van der Waals surface area contributed by atoms with Crippen LogP contribution in [-0.4, -0.2) is 20.9 Å². The molecule has 0 radical (unpaired) electrons. The normalized spacial score (nSPS) is 11.5. The smallest absolute Gasteiger partial charge is 0.434 e. The van der Waals surface area contributed by atoms with Crippen molar-refractivity contribution in [2.75, 3.05) is 5.73 Å². The first-order chi connectivity index (χ1) is 8.80. The number of alkyl halides is 3. The summed E-state index contributed by atoms with van der Waals surface area (Å²) < 4.78 is 39.3. The van der Waals surface area contributed by atoms with E-state index in [4.69, 9.17) is 10.8 Å². The molecule has 1 heterocycles. The Morgan fingerprint density at radius 1 is 1.26 bits per heavy atom. The minimum absolute atomic E-state index is 0.0778. The summed E-state index contributed by atoms with van der Waals surface area (Å²) in [5.41, 5.74) is 3.66. The molecular formula is C11H8F3N3O2. The summed E-state index contributed by atoms with van der Waals surface area (Å²) in [5.74, 6) is -1.69. The number of hydrogen-bond acceptors (Lipinski definition) is 3. The quantitative estimate of drug-likeness (QED) is 0.820. The number of carbonyl (C=O) groups is 1. The predicted octanol–water partition coefficient (Wildman–Crippen LogP) is 2.17. The fourth-order valence-corrected chi connectivity index (χ4v) is 1.59. The van der Waals surface area contributed by atoms with Gasteiger partial charge in [-0.25, -0.2) is 9.48 Å². The zero-order valence-electron chi connectivity index (χ0n) is 9.35. The molecule has 8 heteroatoms. The van der Waals surface area contributed by atoms with Crippen LogP contribution in [0.4, 0.5) is 18.9 Å². The highest BCUT2D eigenvalue weighted by molar-refractivity contribution is 5.89. The predicted molar refractivity (Wildman–Crippen MR) is 59.9 cm³/mol. The Morgan fingerprint density at radius 2 is 1.84 bits per heavy atom. The minimum atomic E-state index is -4.83. The van der Waals surface area contributed by atoms with Crippen LogP contribution in [0.15, 0.2) is 30.5 Å². The molecule has 0 unspecified atom stereocenters. The summed E-state index contributed by atoms with van der Waals surface area (Å²) in [4.78, 5) is 10.8. The first-order valence-electron chi connectivity index (χ1n) is 5.05. The van der Waals surface area contributed by atoms with Gasteiger partial charge in [-0.05, 0) is 24.3 Å². The molecule has 0 fully saturated rings. The van der Waals surface area contributed by atoms with E-state index in [-0.39, 0.29) is 5.69 Å². The van der Waals surface area contributed by atoms with Gasteiger partial charge in [-0.2, -0.15) is 18.3 Å². The van der Waals surface area contributed by atoms with Crippen molar-refractivity contribution in [2.24, 2.45) is 0 Å². The maximum atomic E-state index is 12.9. The molecule has 0 bridgehead atoms. The van der Waals surface area contributed by atoms with Gasteiger partial charge in [0.05, 0.1) is 11.9 Å². The highest BCUT2D eigenvalue weighted by atomic mass is 19.4. The van der Waals surface area contributed by atoms with E-state index in [0.29, 0.717) is 16.6 Å². The van der Waals surface area contributed by atoms with Gasteiger partial charge in [0.25, 0.3) is 0 Å². The van der Waals surface area contributed by atoms with E-state index in [0.717, 1.165) is 0 Å². The molecule has 2 aromatic rings. The van der Waals surface area contributed by atoms with Crippen LogP contribution in [0.2, 0.25) is 0 Å². The molecule has 100 valence electrons. The van der Waals surface area contributed by atoms with Crippen molar-refractivity contribution in [3.05, 3.63) is 41.7 Å². The van der Waals surface area contributed by atoms with Gasteiger partial charge in [-0.1, -0.05) is 0 Å². The largest absolute Gasteiger partial charge is 0.478 e. The van der Waals surface area contributed by atoms with Crippen LogP contribution in [0.5, 0.6) is 0 Å². The second kappa shape index (κ2) is 4.30. The summed E-state index contributed by atoms with van der Waals surface area (Å²) in [5, 5.41) is 12.2. The average Bonchev–Trinajstić information content (AvgIpc) is 2.74. The third-order valence-corrected chi connectivity index (χ3v) is 2.41. The van der Waals surface area contributed by atoms with E-state index in [1.165, 1.54) is 24.3 Å². The fourth-order valence-electron chi connectivity index (χ4n) is 1.59.